The van der Waals surface area contributed by atoms with Gasteiger partial charge in [-0.2, -0.15) is 0 Å². The zero-order valence-corrected chi connectivity index (χ0v) is 7.68. The summed E-state index contributed by atoms with van der Waals surface area (Å²) in [6.07, 6.45) is -0.838. The monoisotopic (exact) mass is 192 g/mol. The van der Waals surface area contributed by atoms with Gasteiger partial charge in [-0.3, -0.25) is 0 Å². The molecule has 0 aromatic carbocycles. The molecule has 0 radical (unpaired) electrons. The molecule has 1 aliphatic heterocycles. The maximum atomic E-state index is 9.28. The summed E-state index contributed by atoms with van der Waals surface area (Å²) < 4.78 is 14.9. The number of methoxy groups -OCH3 is 1. The molecular weight excluding hydrogens is 176 g/mol. The van der Waals surface area contributed by atoms with Crippen LogP contribution in [0.4, 0.5) is 0 Å². The van der Waals surface area contributed by atoms with Gasteiger partial charge in [0, 0.05) is 20.0 Å². The zero-order valence-electron chi connectivity index (χ0n) is 7.68. The lowest BCUT2D eigenvalue weighted by Gasteiger charge is -2.29. The van der Waals surface area contributed by atoms with Gasteiger partial charge in [0.1, 0.15) is 6.79 Å². The van der Waals surface area contributed by atoms with Crippen molar-refractivity contribution >= 4 is 0 Å². The minimum absolute atomic E-state index is 0.200. The van der Waals surface area contributed by atoms with Gasteiger partial charge in [0.05, 0.1) is 18.8 Å². The highest BCUT2D eigenvalue weighted by molar-refractivity contribution is 4.71. The standard InChI is InChI=1S/C8H16O5/c1-11-5-12-4-7-2-6(9)3-8(10)13-7/h6-10H,2-5H2,1H3/t6-,7+,8-/m1/s1. The van der Waals surface area contributed by atoms with Crippen LogP contribution in [0.15, 0.2) is 0 Å². The molecule has 5 nitrogen and oxygen atoms in total. The minimum atomic E-state index is -0.875. The summed E-state index contributed by atoms with van der Waals surface area (Å²) in [5.41, 5.74) is 0. The second-order valence-electron chi connectivity index (χ2n) is 3.12. The maximum absolute atomic E-state index is 9.28. The van der Waals surface area contributed by atoms with Crippen LogP contribution in [0.25, 0.3) is 0 Å². The summed E-state index contributed by atoms with van der Waals surface area (Å²) in [6.45, 7) is 0.536. The Morgan fingerprint density at radius 1 is 1.38 bits per heavy atom. The van der Waals surface area contributed by atoms with E-state index in [4.69, 9.17) is 14.6 Å². The molecule has 0 unspecified atom stereocenters. The summed E-state index contributed by atoms with van der Waals surface area (Å²) in [5.74, 6) is 0. The quantitative estimate of drug-likeness (QED) is 0.462. The molecule has 0 bridgehead atoms. The fraction of sp³-hybridized carbons (Fsp3) is 1.00. The van der Waals surface area contributed by atoms with E-state index in [0.29, 0.717) is 13.0 Å². The van der Waals surface area contributed by atoms with Crippen LogP contribution < -0.4 is 0 Å². The molecule has 1 fully saturated rings. The molecule has 1 heterocycles. The zero-order chi connectivity index (χ0) is 9.68. The van der Waals surface area contributed by atoms with E-state index in [2.05, 4.69) is 4.74 Å². The number of hydrogen-bond acceptors (Lipinski definition) is 5. The van der Waals surface area contributed by atoms with Crippen molar-refractivity contribution in [3.8, 4) is 0 Å². The third kappa shape index (κ3) is 4.02. The third-order valence-electron chi connectivity index (χ3n) is 1.86. The number of rotatable bonds is 4. The highest BCUT2D eigenvalue weighted by atomic mass is 16.7. The van der Waals surface area contributed by atoms with Gasteiger partial charge >= 0.3 is 0 Å². The molecule has 2 N–H and O–H groups in total. The van der Waals surface area contributed by atoms with Gasteiger partial charge in [-0.1, -0.05) is 0 Å². The minimum Gasteiger partial charge on any atom is -0.393 e. The van der Waals surface area contributed by atoms with Crippen molar-refractivity contribution in [2.75, 3.05) is 20.5 Å². The second kappa shape index (κ2) is 5.51. The van der Waals surface area contributed by atoms with Crippen molar-refractivity contribution in [1.29, 1.82) is 0 Å². The molecule has 78 valence electrons. The summed E-state index contributed by atoms with van der Waals surface area (Å²) in [5, 5.41) is 18.4. The van der Waals surface area contributed by atoms with Crippen LogP contribution >= 0.6 is 0 Å². The normalized spacial score (nSPS) is 34.8. The topological polar surface area (TPSA) is 68.2 Å². The number of ether oxygens (including phenoxy) is 3. The van der Waals surface area contributed by atoms with E-state index in [1.54, 1.807) is 0 Å². The maximum Gasteiger partial charge on any atom is 0.157 e. The van der Waals surface area contributed by atoms with Crippen molar-refractivity contribution in [2.24, 2.45) is 0 Å². The lowest BCUT2D eigenvalue weighted by atomic mass is 10.1. The first kappa shape index (κ1) is 10.9. The lowest BCUT2D eigenvalue weighted by molar-refractivity contribution is -0.207. The van der Waals surface area contributed by atoms with E-state index in [1.807, 2.05) is 0 Å². The van der Waals surface area contributed by atoms with Crippen LogP contribution in [-0.4, -0.2) is 49.2 Å². The van der Waals surface area contributed by atoms with Crippen LogP contribution in [-0.2, 0) is 14.2 Å². The van der Waals surface area contributed by atoms with Gasteiger partial charge in [-0.15, -0.1) is 0 Å². The predicted octanol–water partition coefficient (Wildman–Crippen LogP) is -0.535. The SMILES string of the molecule is COCOC[C@@H]1C[C@@H](O)C[C@H](O)O1. The molecule has 0 aromatic heterocycles. The van der Waals surface area contributed by atoms with Gasteiger partial charge in [-0.05, 0) is 0 Å². The molecule has 1 saturated heterocycles. The predicted molar refractivity (Wildman–Crippen MR) is 43.9 cm³/mol. The Morgan fingerprint density at radius 2 is 2.15 bits per heavy atom. The van der Waals surface area contributed by atoms with Crippen LogP contribution in [0.2, 0.25) is 0 Å². The highest BCUT2D eigenvalue weighted by Crippen LogP contribution is 2.18. The summed E-state index contributed by atoms with van der Waals surface area (Å²) >= 11 is 0. The van der Waals surface area contributed by atoms with Gasteiger partial charge < -0.3 is 24.4 Å². The fourth-order valence-electron chi connectivity index (χ4n) is 1.34. The third-order valence-corrected chi connectivity index (χ3v) is 1.86. The van der Waals surface area contributed by atoms with Gasteiger partial charge in [0.15, 0.2) is 6.29 Å². The molecule has 0 aliphatic carbocycles. The first-order chi connectivity index (χ1) is 6.22. The van der Waals surface area contributed by atoms with Crippen LogP contribution in [0.5, 0.6) is 0 Å². The Kier molecular flexibility index (Phi) is 4.61. The van der Waals surface area contributed by atoms with Gasteiger partial charge in [-0.25, -0.2) is 0 Å². The average Bonchev–Trinajstić information content (AvgIpc) is 2.03. The van der Waals surface area contributed by atoms with E-state index >= 15 is 0 Å². The molecule has 5 heteroatoms. The second-order valence-corrected chi connectivity index (χ2v) is 3.12. The summed E-state index contributed by atoms with van der Waals surface area (Å²) in [4.78, 5) is 0. The molecular formula is C8H16O5. The number of aliphatic hydroxyl groups excluding tert-OH is 2. The van der Waals surface area contributed by atoms with Crippen molar-refractivity contribution in [2.45, 2.75) is 31.3 Å². The molecule has 0 spiro atoms. The Balaban J connectivity index is 2.17. The van der Waals surface area contributed by atoms with E-state index in [1.165, 1.54) is 7.11 Å². The Hall–Kier alpha value is -0.200. The average molecular weight is 192 g/mol. The van der Waals surface area contributed by atoms with Crippen molar-refractivity contribution in [1.82, 2.24) is 0 Å². The van der Waals surface area contributed by atoms with Crippen molar-refractivity contribution in [3.63, 3.8) is 0 Å². The van der Waals surface area contributed by atoms with Crippen LogP contribution in [0.1, 0.15) is 12.8 Å². The highest BCUT2D eigenvalue weighted by Gasteiger charge is 2.26. The lowest BCUT2D eigenvalue weighted by Crippen LogP contribution is -2.38. The molecule has 13 heavy (non-hydrogen) atoms. The van der Waals surface area contributed by atoms with Crippen molar-refractivity contribution in [3.05, 3.63) is 0 Å². The molecule has 0 amide bonds. The number of hydrogen-bond donors (Lipinski definition) is 2. The van der Waals surface area contributed by atoms with E-state index in [-0.39, 0.29) is 19.3 Å². The van der Waals surface area contributed by atoms with Gasteiger partial charge in [0.25, 0.3) is 0 Å². The Bertz CT molecular complexity index is 130. The molecule has 3 atom stereocenters. The Labute approximate surface area is 77.2 Å². The largest absolute Gasteiger partial charge is 0.393 e. The van der Waals surface area contributed by atoms with E-state index < -0.39 is 12.4 Å². The molecule has 1 rings (SSSR count). The number of aliphatic hydroxyl groups is 2. The van der Waals surface area contributed by atoms with Gasteiger partial charge in [0.2, 0.25) is 0 Å². The van der Waals surface area contributed by atoms with E-state index in [0.717, 1.165) is 0 Å². The smallest absolute Gasteiger partial charge is 0.157 e. The fourth-order valence-corrected chi connectivity index (χ4v) is 1.34. The molecule has 1 aliphatic rings. The summed E-state index contributed by atoms with van der Waals surface area (Å²) in [7, 11) is 1.53. The van der Waals surface area contributed by atoms with Crippen LogP contribution in [0.3, 0.4) is 0 Å². The Morgan fingerprint density at radius 3 is 2.77 bits per heavy atom. The van der Waals surface area contributed by atoms with Crippen molar-refractivity contribution < 1.29 is 24.4 Å². The molecule has 0 saturated carbocycles. The van der Waals surface area contributed by atoms with Crippen LogP contribution in [0, 0.1) is 0 Å². The first-order valence-corrected chi connectivity index (χ1v) is 4.30. The summed E-state index contributed by atoms with van der Waals surface area (Å²) in [6, 6.07) is 0. The van der Waals surface area contributed by atoms with E-state index in [9.17, 15) is 5.11 Å². The first-order valence-electron chi connectivity index (χ1n) is 4.30. The molecule has 0 aromatic rings.